The zero-order chi connectivity index (χ0) is 12.1. The number of rotatable bonds is 3. The normalized spacial score (nSPS) is 9.88. The van der Waals surface area contributed by atoms with Crippen LogP contribution in [0.5, 0.6) is 0 Å². The highest BCUT2D eigenvalue weighted by atomic mass is 16.1. The molecule has 1 aromatic carbocycles. The maximum Gasteiger partial charge on any atom is 0.271 e. The summed E-state index contributed by atoms with van der Waals surface area (Å²) in [4.78, 5) is 19.4. The summed E-state index contributed by atoms with van der Waals surface area (Å²) >= 11 is 0. The Bertz CT molecular complexity index is 496. The third-order valence-corrected chi connectivity index (χ3v) is 2.20. The number of nitrogens with zero attached hydrogens (tertiary/aromatic N) is 2. The van der Waals surface area contributed by atoms with Crippen molar-refractivity contribution in [2.45, 2.75) is 6.54 Å². The second-order valence-corrected chi connectivity index (χ2v) is 3.49. The lowest BCUT2D eigenvalue weighted by molar-refractivity contribution is 0.0945. The van der Waals surface area contributed by atoms with Crippen molar-refractivity contribution in [1.82, 2.24) is 15.3 Å². The van der Waals surface area contributed by atoms with E-state index < -0.39 is 0 Å². The molecule has 3 N–H and O–H groups in total. The van der Waals surface area contributed by atoms with Gasteiger partial charge in [0.2, 0.25) is 0 Å². The minimum atomic E-state index is -0.263. The minimum absolute atomic E-state index is 0.259. The third kappa shape index (κ3) is 3.01. The van der Waals surface area contributed by atoms with E-state index in [2.05, 4.69) is 15.3 Å². The quantitative estimate of drug-likeness (QED) is 0.820. The molecule has 0 aliphatic carbocycles. The number of hydrogen-bond acceptors (Lipinski definition) is 4. The van der Waals surface area contributed by atoms with Gasteiger partial charge in [0.25, 0.3) is 5.91 Å². The molecule has 1 heterocycles. The maximum atomic E-state index is 11.7. The Morgan fingerprint density at radius 1 is 1.18 bits per heavy atom. The van der Waals surface area contributed by atoms with Crippen molar-refractivity contribution < 1.29 is 4.79 Å². The number of anilines is 1. The van der Waals surface area contributed by atoms with Crippen molar-refractivity contribution in [3.05, 3.63) is 54.0 Å². The van der Waals surface area contributed by atoms with E-state index in [1.807, 2.05) is 30.3 Å². The van der Waals surface area contributed by atoms with Crippen molar-refractivity contribution in [3.8, 4) is 0 Å². The molecule has 2 aromatic rings. The van der Waals surface area contributed by atoms with Crippen LogP contribution in [0.3, 0.4) is 0 Å². The summed E-state index contributed by atoms with van der Waals surface area (Å²) < 4.78 is 0. The summed E-state index contributed by atoms with van der Waals surface area (Å²) in [5, 5.41) is 2.75. The molecule has 1 amide bonds. The summed E-state index contributed by atoms with van der Waals surface area (Å²) in [7, 11) is 0. The first-order valence-electron chi connectivity index (χ1n) is 5.15. The summed E-state index contributed by atoms with van der Waals surface area (Å²) in [5.74, 6) is 0.0333. The van der Waals surface area contributed by atoms with E-state index in [1.54, 1.807) is 0 Å². The van der Waals surface area contributed by atoms with Gasteiger partial charge in [-0.15, -0.1) is 0 Å². The first-order chi connectivity index (χ1) is 8.25. The van der Waals surface area contributed by atoms with Gasteiger partial charge in [0.15, 0.2) is 0 Å². The second kappa shape index (κ2) is 5.07. The van der Waals surface area contributed by atoms with Gasteiger partial charge in [-0.1, -0.05) is 30.3 Å². The highest BCUT2D eigenvalue weighted by molar-refractivity contribution is 5.91. The van der Waals surface area contributed by atoms with Gasteiger partial charge in [0, 0.05) is 6.54 Å². The number of nitrogen functional groups attached to an aromatic ring is 1. The van der Waals surface area contributed by atoms with E-state index >= 15 is 0 Å². The van der Waals surface area contributed by atoms with E-state index in [9.17, 15) is 4.79 Å². The summed E-state index contributed by atoms with van der Waals surface area (Å²) in [6.45, 7) is 0.464. The zero-order valence-corrected chi connectivity index (χ0v) is 9.13. The van der Waals surface area contributed by atoms with Crippen LogP contribution in [0.15, 0.2) is 42.7 Å². The summed E-state index contributed by atoms with van der Waals surface area (Å²) in [6, 6.07) is 9.65. The topological polar surface area (TPSA) is 80.9 Å². The maximum absolute atomic E-state index is 11.7. The van der Waals surface area contributed by atoms with E-state index in [4.69, 9.17) is 5.73 Å². The standard InChI is InChI=1S/C12H12N4O/c13-11-8-14-10(7-15-11)12(17)16-6-9-4-2-1-3-5-9/h1-5,7-8H,6H2,(H2,13,15)(H,16,17). The number of carbonyl (C=O) groups excluding carboxylic acids is 1. The highest BCUT2D eigenvalue weighted by Gasteiger charge is 2.06. The van der Waals surface area contributed by atoms with Gasteiger partial charge >= 0.3 is 0 Å². The number of amides is 1. The van der Waals surface area contributed by atoms with E-state index in [0.29, 0.717) is 12.4 Å². The van der Waals surface area contributed by atoms with Crippen LogP contribution in [-0.4, -0.2) is 15.9 Å². The second-order valence-electron chi connectivity index (χ2n) is 3.49. The zero-order valence-electron chi connectivity index (χ0n) is 9.13. The summed E-state index contributed by atoms with van der Waals surface area (Å²) in [6.07, 6.45) is 2.72. The number of nitrogens with two attached hydrogens (primary N) is 1. The first-order valence-corrected chi connectivity index (χ1v) is 5.15. The SMILES string of the molecule is Nc1cnc(C(=O)NCc2ccccc2)cn1. The van der Waals surface area contributed by atoms with Crippen LogP contribution in [-0.2, 0) is 6.54 Å². The number of carbonyl (C=O) groups is 1. The molecule has 1 aromatic heterocycles. The monoisotopic (exact) mass is 228 g/mol. The first kappa shape index (κ1) is 11.1. The van der Waals surface area contributed by atoms with Crippen LogP contribution < -0.4 is 11.1 Å². The number of aromatic nitrogens is 2. The molecule has 0 radical (unpaired) electrons. The average Bonchev–Trinajstić information content (AvgIpc) is 2.38. The van der Waals surface area contributed by atoms with E-state index in [1.165, 1.54) is 12.4 Å². The molecular weight excluding hydrogens is 216 g/mol. The van der Waals surface area contributed by atoms with Crippen LogP contribution in [0.2, 0.25) is 0 Å². The molecule has 86 valence electrons. The number of hydrogen-bond donors (Lipinski definition) is 2. The fourth-order valence-electron chi connectivity index (χ4n) is 1.32. The molecule has 0 spiro atoms. The largest absolute Gasteiger partial charge is 0.382 e. The Kier molecular flexibility index (Phi) is 3.30. The summed E-state index contributed by atoms with van der Waals surface area (Å²) in [5.41, 5.74) is 6.68. The van der Waals surface area contributed by atoms with Crippen molar-refractivity contribution in [1.29, 1.82) is 0 Å². The van der Waals surface area contributed by atoms with Crippen LogP contribution in [0, 0.1) is 0 Å². The van der Waals surface area contributed by atoms with Gasteiger partial charge < -0.3 is 11.1 Å². The molecule has 5 nitrogen and oxygen atoms in total. The van der Waals surface area contributed by atoms with E-state index in [0.717, 1.165) is 5.56 Å². The molecule has 0 unspecified atom stereocenters. The fraction of sp³-hybridized carbons (Fsp3) is 0.0833. The third-order valence-electron chi connectivity index (χ3n) is 2.20. The van der Waals surface area contributed by atoms with Crippen molar-refractivity contribution in [3.63, 3.8) is 0 Å². The van der Waals surface area contributed by atoms with Gasteiger partial charge in [-0.25, -0.2) is 9.97 Å². The molecular formula is C12H12N4O. The van der Waals surface area contributed by atoms with Gasteiger partial charge in [0.05, 0.1) is 12.4 Å². The lowest BCUT2D eigenvalue weighted by atomic mass is 10.2. The Morgan fingerprint density at radius 2 is 1.94 bits per heavy atom. The lowest BCUT2D eigenvalue weighted by Gasteiger charge is -2.04. The lowest BCUT2D eigenvalue weighted by Crippen LogP contribution is -2.24. The van der Waals surface area contributed by atoms with Crippen LogP contribution in [0.1, 0.15) is 16.1 Å². The highest BCUT2D eigenvalue weighted by Crippen LogP contribution is 1.99. The average molecular weight is 228 g/mol. The molecule has 0 atom stereocenters. The molecule has 0 fully saturated rings. The molecule has 0 saturated carbocycles. The van der Waals surface area contributed by atoms with Gasteiger partial charge in [-0.3, -0.25) is 4.79 Å². The van der Waals surface area contributed by atoms with Crippen LogP contribution in [0.4, 0.5) is 5.82 Å². The Balaban J connectivity index is 1.96. The Hall–Kier alpha value is -2.43. The Labute approximate surface area is 98.7 Å². The number of nitrogens with one attached hydrogen (secondary N) is 1. The number of benzene rings is 1. The van der Waals surface area contributed by atoms with Crippen molar-refractivity contribution >= 4 is 11.7 Å². The fourth-order valence-corrected chi connectivity index (χ4v) is 1.32. The van der Waals surface area contributed by atoms with Crippen molar-refractivity contribution in [2.24, 2.45) is 0 Å². The van der Waals surface area contributed by atoms with Crippen molar-refractivity contribution in [2.75, 3.05) is 5.73 Å². The van der Waals surface area contributed by atoms with Gasteiger partial charge in [-0.05, 0) is 5.56 Å². The smallest absolute Gasteiger partial charge is 0.271 e. The molecule has 0 saturated heterocycles. The van der Waals surface area contributed by atoms with Crippen LogP contribution >= 0.6 is 0 Å². The predicted molar refractivity (Wildman–Crippen MR) is 64.1 cm³/mol. The van der Waals surface area contributed by atoms with Gasteiger partial charge in [0.1, 0.15) is 11.5 Å². The molecule has 0 aliphatic heterocycles. The minimum Gasteiger partial charge on any atom is -0.382 e. The molecule has 0 aliphatic rings. The Morgan fingerprint density at radius 3 is 2.59 bits per heavy atom. The van der Waals surface area contributed by atoms with Crippen LogP contribution in [0.25, 0.3) is 0 Å². The molecule has 0 bridgehead atoms. The van der Waals surface area contributed by atoms with Gasteiger partial charge in [-0.2, -0.15) is 0 Å². The molecule has 2 rings (SSSR count). The molecule has 17 heavy (non-hydrogen) atoms. The predicted octanol–water partition coefficient (Wildman–Crippen LogP) is 0.989. The molecule has 5 heteroatoms. The van der Waals surface area contributed by atoms with E-state index in [-0.39, 0.29) is 11.6 Å².